The fourth-order valence-electron chi connectivity index (χ4n) is 3.47. The van der Waals surface area contributed by atoms with Crippen LogP contribution in [0, 0.1) is 20.8 Å². The Hall–Kier alpha value is -3.48. The lowest BCUT2D eigenvalue weighted by atomic mass is 10.1. The second-order valence-electron chi connectivity index (χ2n) is 7.28. The van der Waals surface area contributed by atoms with Crippen LogP contribution in [0.5, 0.6) is 0 Å². The van der Waals surface area contributed by atoms with Gasteiger partial charge in [0.1, 0.15) is 0 Å². The van der Waals surface area contributed by atoms with E-state index >= 15 is 0 Å². The number of carbonyl (C=O) groups excluding carboxylic acids is 1. The number of hydrogen-bond acceptors (Lipinski definition) is 4. The van der Waals surface area contributed by atoms with Crippen molar-refractivity contribution in [3.05, 3.63) is 70.8 Å². The van der Waals surface area contributed by atoms with Crippen molar-refractivity contribution in [3.8, 4) is 0 Å². The minimum absolute atomic E-state index is 0.186. The van der Waals surface area contributed by atoms with E-state index in [4.69, 9.17) is 0 Å². The van der Waals surface area contributed by atoms with E-state index in [1.54, 1.807) is 6.20 Å². The Morgan fingerprint density at radius 3 is 2.62 bits per heavy atom. The monoisotopic (exact) mass is 388 g/mol. The molecule has 1 amide bonds. The third kappa shape index (κ3) is 3.76. The van der Waals surface area contributed by atoms with Crippen LogP contribution in [0.3, 0.4) is 0 Å². The Labute approximate surface area is 169 Å². The zero-order valence-corrected chi connectivity index (χ0v) is 17.1. The van der Waals surface area contributed by atoms with E-state index in [1.807, 2.05) is 42.4 Å². The van der Waals surface area contributed by atoms with Gasteiger partial charge in [-0.25, -0.2) is 9.67 Å². The lowest BCUT2D eigenvalue weighted by Crippen LogP contribution is -2.13. The first-order chi connectivity index (χ1) is 13.9. The van der Waals surface area contributed by atoms with Crippen molar-refractivity contribution < 1.29 is 4.79 Å². The second kappa shape index (κ2) is 7.50. The Morgan fingerprint density at radius 1 is 1.14 bits per heavy atom. The number of carbonyl (C=O) groups is 1. The minimum atomic E-state index is -0.186. The van der Waals surface area contributed by atoms with Gasteiger partial charge >= 0.3 is 0 Å². The quantitative estimate of drug-likeness (QED) is 0.563. The summed E-state index contributed by atoms with van der Waals surface area (Å²) in [4.78, 5) is 17.6. The van der Waals surface area contributed by atoms with Crippen LogP contribution in [0.15, 0.2) is 42.7 Å². The topological polar surface area (TPSA) is 77.6 Å². The molecular formula is C22H24N6O. The van der Waals surface area contributed by atoms with Gasteiger partial charge in [-0.15, -0.1) is 0 Å². The highest BCUT2D eigenvalue weighted by Gasteiger charge is 2.19. The number of hydrogen-bond donors (Lipinski definition) is 1. The van der Waals surface area contributed by atoms with Crippen molar-refractivity contribution in [3.63, 3.8) is 0 Å². The molecule has 0 radical (unpaired) electrons. The lowest BCUT2D eigenvalue weighted by molar-refractivity contribution is 0.102. The van der Waals surface area contributed by atoms with Gasteiger partial charge in [-0.1, -0.05) is 29.8 Å². The predicted octanol–water partition coefficient (Wildman–Crippen LogP) is 3.87. The number of benzene rings is 1. The molecule has 0 unspecified atom stereocenters. The molecule has 148 valence electrons. The molecule has 3 heterocycles. The predicted molar refractivity (Wildman–Crippen MR) is 113 cm³/mol. The van der Waals surface area contributed by atoms with E-state index in [9.17, 15) is 4.79 Å². The largest absolute Gasteiger partial charge is 0.319 e. The minimum Gasteiger partial charge on any atom is -0.319 e. The van der Waals surface area contributed by atoms with Crippen LogP contribution in [-0.4, -0.2) is 30.5 Å². The first kappa shape index (κ1) is 18.9. The lowest BCUT2D eigenvalue weighted by Gasteiger charge is -2.07. The highest BCUT2D eigenvalue weighted by Crippen LogP contribution is 2.23. The summed E-state index contributed by atoms with van der Waals surface area (Å²) in [6.07, 6.45) is 3.50. The molecule has 1 N–H and O–H groups in total. The number of pyridine rings is 1. The van der Waals surface area contributed by atoms with Crippen LogP contribution in [-0.2, 0) is 13.1 Å². The Balaban J connectivity index is 1.58. The highest BCUT2D eigenvalue weighted by molar-refractivity contribution is 6.12. The van der Waals surface area contributed by atoms with Crippen molar-refractivity contribution in [2.75, 3.05) is 5.32 Å². The zero-order chi connectivity index (χ0) is 20.5. The van der Waals surface area contributed by atoms with Crippen LogP contribution in [0.2, 0.25) is 0 Å². The number of anilines is 1. The third-order valence-electron chi connectivity index (χ3n) is 4.91. The number of amides is 1. The summed E-state index contributed by atoms with van der Waals surface area (Å²) >= 11 is 0. The first-order valence-electron chi connectivity index (χ1n) is 9.68. The summed E-state index contributed by atoms with van der Waals surface area (Å²) in [7, 11) is 0. The average Bonchev–Trinajstić information content (AvgIpc) is 3.26. The summed E-state index contributed by atoms with van der Waals surface area (Å²) in [5, 5.41) is 12.6. The molecule has 0 aliphatic carbocycles. The normalized spacial score (nSPS) is 11.2. The molecular weight excluding hydrogens is 364 g/mol. The van der Waals surface area contributed by atoms with Gasteiger partial charge in [-0.05, 0) is 39.3 Å². The van der Waals surface area contributed by atoms with E-state index in [0.717, 1.165) is 28.0 Å². The molecule has 0 aliphatic heterocycles. The molecule has 4 rings (SSSR count). The number of nitrogens with one attached hydrogen (secondary N) is 1. The van der Waals surface area contributed by atoms with Gasteiger partial charge in [-0.2, -0.15) is 10.2 Å². The summed E-state index contributed by atoms with van der Waals surface area (Å²) in [6, 6.07) is 10.1. The Morgan fingerprint density at radius 2 is 1.90 bits per heavy atom. The smallest absolute Gasteiger partial charge is 0.256 e. The Kier molecular flexibility index (Phi) is 4.88. The molecule has 29 heavy (non-hydrogen) atoms. The first-order valence-corrected chi connectivity index (χ1v) is 9.68. The summed E-state index contributed by atoms with van der Waals surface area (Å²) < 4.78 is 3.64. The fraction of sp³-hybridized carbons (Fsp3) is 0.273. The van der Waals surface area contributed by atoms with E-state index in [0.29, 0.717) is 24.3 Å². The van der Waals surface area contributed by atoms with Crippen LogP contribution >= 0.6 is 0 Å². The van der Waals surface area contributed by atoms with Crippen molar-refractivity contribution >= 4 is 22.6 Å². The molecule has 0 bridgehead atoms. The molecule has 7 heteroatoms. The van der Waals surface area contributed by atoms with Crippen LogP contribution < -0.4 is 5.32 Å². The van der Waals surface area contributed by atoms with Gasteiger partial charge in [0, 0.05) is 18.4 Å². The number of fused-ring (bicyclic) bond motifs is 1. The van der Waals surface area contributed by atoms with E-state index < -0.39 is 0 Å². The molecule has 0 atom stereocenters. The van der Waals surface area contributed by atoms with Crippen molar-refractivity contribution in [1.82, 2.24) is 24.5 Å². The van der Waals surface area contributed by atoms with Gasteiger partial charge in [-0.3, -0.25) is 9.48 Å². The van der Waals surface area contributed by atoms with Crippen molar-refractivity contribution in [1.29, 1.82) is 0 Å². The molecule has 4 aromatic rings. The zero-order valence-electron chi connectivity index (χ0n) is 17.1. The van der Waals surface area contributed by atoms with Gasteiger partial charge in [0.25, 0.3) is 5.91 Å². The molecule has 1 aromatic carbocycles. The van der Waals surface area contributed by atoms with Gasteiger partial charge in [0.2, 0.25) is 0 Å². The molecule has 0 spiro atoms. The number of nitrogens with zero attached hydrogens (tertiary/aromatic N) is 5. The molecule has 3 aromatic heterocycles. The van der Waals surface area contributed by atoms with Crippen molar-refractivity contribution in [2.24, 2.45) is 0 Å². The van der Waals surface area contributed by atoms with Crippen molar-refractivity contribution in [2.45, 2.75) is 40.8 Å². The summed E-state index contributed by atoms with van der Waals surface area (Å²) in [5.74, 6) is -0.186. The third-order valence-corrected chi connectivity index (χ3v) is 4.91. The van der Waals surface area contributed by atoms with Gasteiger partial charge in [0.05, 0.1) is 35.1 Å². The van der Waals surface area contributed by atoms with Gasteiger partial charge < -0.3 is 5.32 Å². The fourth-order valence-corrected chi connectivity index (χ4v) is 3.47. The molecule has 0 saturated heterocycles. The number of aryl methyl sites for hydroxylation is 4. The van der Waals surface area contributed by atoms with E-state index in [-0.39, 0.29) is 5.91 Å². The molecule has 7 nitrogen and oxygen atoms in total. The number of rotatable bonds is 5. The Bertz CT molecular complexity index is 1190. The molecule has 0 aliphatic rings. The van der Waals surface area contributed by atoms with Crippen LogP contribution in [0.1, 0.15) is 39.8 Å². The van der Waals surface area contributed by atoms with E-state index in [1.165, 1.54) is 5.56 Å². The van der Waals surface area contributed by atoms with Crippen LogP contribution in [0.4, 0.5) is 5.69 Å². The maximum Gasteiger partial charge on any atom is 0.256 e. The summed E-state index contributed by atoms with van der Waals surface area (Å²) in [5.41, 5.74) is 5.95. The standard InChI is InChI=1S/C22H24N6O/c1-5-28-21-20(16(4)26-28)19(10-15(3)24-21)22(29)25-18-11-23-27(13-18)12-17-8-6-14(2)7-9-17/h6-11,13H,5,12H2,1-4H3,(H,25,29). The van der Waals surface area contributed by atoms with E-state index in [2.05, 4.69) is 51.7 Å². The maximum atomic E-state index is 13.0. The number of aromatic nitrogens is 5. The molecule has 0 fully saturated rings. The highest BCUT2D eigenvalue weighted by atomic mass is 16.1. The summed E-state index contributed by atoms with van der Waals surface area (Å²) in [6.45, 7) is 9.22. The molecule has 0 saturated carbocycles. The second-order valence-corrected chi connectivity index (χ2v) is 7.28. The van der Waals surface area contributed by atoms with Gasteiger partial charge in [0.15, 0.2) is 5.65 Å². The van der Waals surface area contributed by atoms with Crippen LogP contribution in [0.25, 0.3) is 11.0 Å². The SMILES string of the molecule is CCn1nc(C)c2c(C(=O)Nc3cnn(Cc4ccc(C)cc4)c3)cc(C)nc21. The maximum absolute atomic E-state index is 13.0. The average molecular weight is 388 g/mol.